The lowest BCUT2D eigenvalue weighted by molar-refractivity contribution is 0.186. The average molecular weight is 234 g/mol. The van der Waals surface area contributed by atoms with Gasteiger partial charge in [-0.25, -0.2) is 5.84 Å². The minimum Gasteiger partial charge on any atom is -0.392 e. The normalized spacial score (nSPS) is 25.3. The Balaban J connectivity index is 3.02. The maximum absolute atomic E-state index is 9.04. The van der Waals surface area contributed by atoms with Crippen molar-refractivity contribution in [2.75, 3.05) is 6.61 Å². The minimum absolute atomic E-state index is 0.0858. The first-order valence-electron chi connectivity index (χ1n) is 5.91. The molecule has 3 heteroatoms. The quantitative estimate of drug-likeness (QED) is 0.579. The van der Waals surface area contributed by atoms with Crippen molar-refractivity contribution >= 4 is 0 Å². The van der Waals surface area contributed by atoms with Gasteiger partial charge in [-0.3, -0.25) is 0 Å². The molecule has 0 aromatic carbocycles. The third kappa shape index (κ3) is 2.87. The highest BCUT2D eigenvalue weighted by molar-refractivity contribution is 5.34. The standard InChI is InChI=1S/C14H22N2O/c1-4-14(9-8-12(2)11-17)13(3)7-5-6-10-16(14)15/h5-8,10,17H,3-4,9,11,15H2,1-2H3/b12-8+. The molecule has 3 N–H and O–H groups in total. The molecule has 0 aromatic heterocycles. The molecule has 17 heavy (non-hydrogen) atoms. The second-order valence-electron chi connectivity index (χ2n) is 4.43. The van der Waals surface area contributed by atoms with Gasteiger partial charge in [0.25, 0.3) is 0 Å². The number of hydrogen-bond donors (Lipinski definition) is 2. The lowest BCUT2D eigenvalue weighted by Crippen LogP contribution is -2.49. The zero-order valence-corrected chi connectivity index (χ0v) is 10.7. The molecule has 0 aromatic rings. The van der Waals surface area contributed by atoms with Crippen molar-refractivity contribution in [2.45, 2.75) is 32.2 Å². The van der Waals surface area contributed by atoms with Gasteiger partial charge in [-0.1, -0.05) is 37.3 Å². The van der Waals surface area contributed by atoms with Crippen LogP contribution in [0.5, 0.6) is 0 Å². The lowest BCUT2D eigenvalue weighted by Gasteiger charge is -2.40. The highest BCUT2D eigenvalue weighted by Gasteiger charge is 2.33. The van der Waals surface area contributed by atoms with E-state index >= 15 is 0 Å². The molecule has 0 amide bonds. The van der Waals surface area contributed by atoms with Crippen LogP contribution in [0.3, 0.4) is 0 Å². The summed E-state index contributed by atoms with van der Waals surface area (Å²) in [6.07, 6.45) is 11.4. The maximum atomic E-state index is 9.04. The van der Waals surface area contributed by atoms with Crippen molar-refractivity contribution in [3.8, 4) is 0 Å². The van der Waals surface area contributed by atoms with E-state index < -0.39 is 0 Å². The number of aliphatic hydroxyl groups excluding tert-OH is 1. The van der Waals surface area contributed by atoms with Crippen LogP contribution in [0.2, 0.25) is 0 Å². The van der Waals surface area contributed by atoms with Gasteiger partial charge in [-0.2, -0.15) is 0 Å². The first kappa shape index (κ1) is 13.7. The summed E-state index contributed by atoms with van der Waals surface area (Å²) in [6, 6.07) is 0. The Morgan fingerprint density at radius 1 is 1.59 bits per heavy atom. The molecule has 1 unspecified atom stereocenters. The SMILES string of the molecule is C=C1C=CC=CN(N)C1(CC)C/C=C(\C)CO. The van der Waals surface area contributed by atoms with Crippen molar-refractivity contribution < 1.29 is 5.11 Å². The van der Waals surface area contributed by atoms with Gasteiger partial charge in [0.1, 0.15) is 0 Å². The Bertz CT molecular complexity index is 368. The Morgan fingerprint density at radius 2 is 2.29 bits per heavy atom. The molecule has 1 rings (SSSR count). The Morgan fingerprint density at radius 3 is 2.88 bits per heavy atom. The molecule has 0 fully saturated rings. The van der Waals surface area contributed by atoms with Crippen molar-refractivity contribution in [2.24, 2.45) is 5.84 Å². The first-order chi connectivity index (χ1) is 8.06. The number of hydrogen-bond acceptors (Lipinski definition) is 3. The van der Waals surface area contributed by atoms with Gasteiger partial charge < -0.3 is 10.1 Å². The van der Waals surface area contributed by atoms with Gasteiger partial charge in [0.2, 0.25) is 0 Å². The molecule has 0 saturated heterocycles. The van der Waals surface area contributed by atoms with Crippen LogP contribution < -0.4 is 5.84 Å². The summed E-state index contributed by atoms with van der Waals surface area (Å²) in [5, 5.41) is 10.8. The van der Waals surface area contributed by atoms with Gasteiger partial charge in [0.05, 0.1) is 12.1 Å². The van der Waals surface area contributed by atoms with Crippen LogP contribution in [0.4, 0.5) is 0 Å². The molecule has 1 atom stereocenters. The van der Waals surface area contributed by atoms with Crippen molar-refractivity contribution in [1.29, 1.82) is 0 Å². The van der Waals surface area contributed by atoms with E-state index in [9.17, 15) is 0 Å². The van der Waals surface area contributed by atoms with E-state index in [1.807, 2.05) is 37.4 Å². The predicted molar refractivity (Wildman–Crippen MR) is 71.9 cm³/mol. The second-order valence-corrected chi connectivity index (χ2v) is 4.43. The fraction of sp³-hybridized carbons (Fsp3) is 0.429. The van der Waals surface area contributed by atoms with Crippen LogP contribution in [0, 0.1) is 0 Å². The van der Waals surface area contributed by atoms with Crippen LogP contribution in [-0.4, -0.2) is 22.3 Å². The summed E-state index contributed by atoms with van der Waals surface area (Å²) in [7, 11) is 0. The monoisotopic (exact) mass is 234 g/mol. The van der Waals surface area contributed by atoms with E-state index in [0.29, 0.717) is 0 Å². The molecule has 0 radical (unpaired) electrons. The van der Waals surface area contributed by atoms with E-state index in [1.54, 1.807) is 5.01 Å². The smallest absolute Gasteiger partial charge is 0.0828 e. The molecule has 3 nitrogen and oxygen atoms in total. The van der Waals surface area contributed by atoms with E-state index in [4.69, 9.17) is 10.9 Å². The Hall–Kier alpha value is -1.32. The van der Waals surface area contributed by atoms with Crippen LogP contribution in [0.25, 0.3) is 0 Å². The highest BCUT2D eigenvalue weighted by Crippen LogP contribution is 2.32. The van der Waals surface area contributed by atoms with Crippen molar-refractivity contribution in [3.63, 3.8) is 0 Å². The van der Waals surface area contributed by atoms with E-state index in [0.717, 1.165) is 24.0 Å². The zero-order valence-electron chi connectivity index (χ0n) is 10.7. The van der Waals surface area contributed by atoms with Crippen molar-refractivity contribution in [1.82, 2.24) is 5.01 Å². The topological polar surface area (TPSA) is 49.5 Å². The van der Waals surface area contributed by atoms with Gasteiger partial charge in [-0.05, 0) is 31.4 Å². The molecular weight excluding hydrogens is 212 g/mol. The van der Waals surface area contributed by atoms with Crippen molar-refractivity contribution in [3.05, 3.63) is 48.2 Å². The summed E-state index contributed by atoms with van der Waals surface area (Å²) in [6.45, 7) is 8.21. The van der Waals surface area contributed by atoms with Crippen LogP contribution in [-0.2, 0) is 0 Å². The third-order valence-corrected chi connectivity index (χ3v) is 3.37. The van der Waals surface area contributed by atoms with Crippen LogP contribution in [0.1, 0.15) is 26.7 Å². The summed E-state index contributed by atoms with van der Waals surface area (Å²) < 4.78 is 0. The number of rotatable bonds is 4. The summed E-state index contributed by atoms with van der Waals surface area (Å²) >= 11 is 0. The largest absolute Gasteiger partial charge is 0.392 e. The molecule has 1 heterocycles. The summed E-state index contributed by atoms with van der Waals surface area (Å²) in [5.41, 5.74) is 1.66. The number of hydrazine groups is 1. The van der Waals surface area contributed by atoms with E-state index in [-0.39, 0.29) is 12.1 Å². The number of nitrogens with two attached hydrogens (primary N) is 1. The molecule has 0 spiro atoms. The minimum atomic E-state index is -0.292. The molecule has 1 aliphatic rings. The van der Waals surface area contributed by atoms with Crippen LogP contribution in [0.15, 0.2) is 48.2 Å². The average Bonchev–Trinajstić information content (AvgIpc) is 2.47. The number of aliphatic hydroxyl groups is 1. The van der Waals surface area contributed by atoms with E-state index in [1.165, 1.54) is 0 Å². The number of allylic oxidation sites excluding steroid dienone is 2. The Kier molecular flexibility index (Phi) is 4.73. The molecule has 94 valence electrons. The summed E-state index contributed by atoms with van der Waals surface area (Å²) in [5.74, 6) is 6.10. The van der Waals surface area contributed by atoms with E-state index in [2.05, 4.69) is 13.5 Å². The fourth-order valence-electron chi connectivity index (χ4n) is 1.98. The van der Waals surface area contributed by atoms with Gasteiger partial charge in [0.15, 0.2) is 0 Å². The molecular formula is C14H22N2O. The van der Waals surface area contributed by atoms with Gasteiger partial charge >= 0.3 is 0 Å². The predicted octanol–water partition coefficient (Wildman–Crippen LogP) is 2.28. The highest BCUT2D eigenvalue weighted by atomic mass is 16.3. The lowest BCUT2D eigenvalue weighted by atomic mass is 9.83. The molecule has 1 aliphatic heterocycles. The fourth-order valence-corrected chi connectivity index (χ4v) is 1.98. The van der Waals surface area contributed by atoms with Crippen LogP contribution >= 0.6 is 0 Å². The first-order valence-corrected chi connectivity index (χ1v) is 5.91. The molecule has 0 saturated carbocycles. The van der Waals surface area contributed by atoms with Gasteiger partial charge in [-0.15, -0.1) is 0 Å². The number of nitrogens with zero attached hydrogens (tertiary/aromatic N) is 1. The summed E-state index contributed by atoms with van der Waals surface area (Å²) in [4.78, 5) is 0. The Labute approximate surface area is 104 Å². The molecule has 0 aliphatic carbocycles. The zero-order chi connectivity index (χ0) is 12.9. The van der Waals surface area contributed by atoms with Gasteiger partial charge in [0, 0.05) is 6.20 Å². The third-order valence-electron chi connectivity index (χ3n) is 3.37. The second kappa shape index (κ2) is 5.84. The molecule has 0 bridgehead atoms. The maximum Gasteiger partial charge on any atom is 0.0828 e.